The average molecular weight is 222 g/mol. The van der Waals surface area contributed by atoms with Crippen molar-refractivity contribution in [2.45, 2.75) is 25.9 Å². The lowest BCUT2D eigenvalue weighted by molar-refractivity contribution is -0.143. The Kier molecular flexibility index (Phi) is 4.15. The molecule has 1 atom stereocenters. The second-order valence-corrected chi connectivity index (χ2v) is 4.21. The van der Waals surface area contributed by atoms with E-state index in [1.165, 1.54) is 6.92 Å². The first-order chi connectivity index (χ1) is 5.64. The van der Waals surface area contributed by atoms with Gasteiger partial charge in [-0.15, -0.1) is 3.89 Å². The van der Waals surface area contributed by atoms with Gasteiger partial charge in [0.25, 0.3) is 0 Å². The Bertz CT molecular complexity index is 244. The van der Waals surface area contributed by atoms with Crippen molar-refractivity contribution in [3.05, 3.63) is 0 Å². The molecular weight excluding hydrogens is 212 g/mol. The number of alkyl halides is 3. The fourth-order valence-electron chi connectivity index (χ4n) is 0.930. The second-order valence-electron chi connectivity index (χ2n) is 2.80. The standard InChI is InChI=1S/C6H10F4O2S/c1-2-5(3-6(7,8)9)4-13(10,11)12/h5H,2-4H2,1H3. The van der Waals surface area contributed by atoms with Crippen molar-refractivity contribution in [1.82, 2.24) is 0 Å². The summed E-state index contributed by atoms with van der Waals surface area (Å²) in [5.74, 6) is -2.24. The molecule has 0 bridgehead atoms. The van der Waals surface area contributed by atoms with Gasteiger partial charge in [0, 0.05) is 6.42 Å². The largest absolute Gasteiger partial charge is 0.389 e. The molecule has 0 N–H and O–H groups in total. The summed E-state index contributed by atoms with van der Waals surface area (Å²) in [7, 11) is -4.81. The molecule has 2 nitrogen and oxygen atoms in total. The van der Waals surface area contributed by atoms with Gasteiger partial charge in [-0.3, -0.25) is 0 Å². The summed E-state index contributed by atoms with van der Waals surface area (Å²) >= 11 is 0. The molecule has 0 spiro atoms. The minimum Gasteiger partial charge on any atom is -0.195 e. The summed E-state index contributed by atoms with van der Waals surface area (Å²) in [6.07, 6.45) is -5.71. The minimum atomic E-state index is -4.81. The van der Waals surface area contributed by atoms with Crippen molar-refractivity contribution >= 4 is 10.2 Å². The third kappa shape index (κ3) is 8.01. The third-order valence-electron chi connectivity index (χ3n) is 1.53. The molecule has 0 aliphatic carbocycles. The van der Waals surface area contributed by atoms with E-state index in [1.807, 2.05) is 0 Å². The smallest absolute Gasteiger partial charge is 0.195 e. The number of hydrogen-bond acceptors (Lipinski definition) is 2. The topological polar surface area (TPSA) is 34.1 Å². The number of halogens is 4. The zero-order chi connectivity index (χ0) is 10.7. The van der Waals surface area contributed by atoms with Crippen molar-refractivity contribution in [2.75, 3.05) is 5.75 Å². The predicted molar refractivity (Wildman–Crippen MR) is 39.3 cm³/mol. The van der Waals surface area contributed by atoms with Crippen LogP contribution in [0.5, 0.6) is 0 Å². The van der Waals surface area contributed by atoms with E-state index in [0.717, 1.165) is 0 Å². The van der Waals surface area contributed by atoms with Gasteiger partial charge in [0.2, 0.25) is 0 Å². The molecule has 0 aromatic heterocycles. The van der Waals surface area contributed by atoms with Crippen LogP contribution in [0.15, 0.2) is 0 Å². The average Bonchev–Trinajstić information content (AvgIpc) is 1.79. The van der Waals surface area contributed by atoms with E-state index in [2.05, 4.69) is 0 Å². The van der Waals surface area contributed by atoms with Crippen LogP contribution in [0.25, 0.3) is 0 Å². The lowest BCUT2D eigenvalue weighted by atomic mass is 10.1. The van der Waals surface area contributed by atoms with Crippen LogP contribution in [0.3, 0.4) is 0 Å². The van der Waals surface area contributed by atoms with Crippen molar-refractivity contribution in [3.8, 4) is 0 Å². The van der Waals surface area contributed by atoms with Crippen LogP contribution in [-0.4, -0.2) is 20.3 Å². The van der Waals surface area contributed by atoms with E-state index in [1.54, 1.807) is 0 Å². The Hall–Kier alpha value is -0.330. The summed E-state index contributed by atoms with van der Waals surface area (Å²) in [6, 6.07) is 0. The predicted octanol–water partition coefficient (Wildman–Crippen LogP) is 2.26. The molecule has 0 radical (unpaired) electrons. The highest BCUT2D eigenvalue weighted by atomic mass is 32.3. The molecule has 1 unspecified atom stereocenters. The fraction of sp³-hybridized carbons (Fsp3) is 1.00. The summed E-state index contributed by atoms with van der Waals surface area (Å²) in [5.41, 5.74) is 0. The van der Waals surface area contributed by atoms with Crippen LogP contribution in [-0.2, 0) is 10.2 Å². The molecule has 0 aromatic carbocycles. The Labute approximate surface area is 74.1 Å². The van der Waals surface area contributed by atoms with Crippen LogP contribution in [0.1, 0.15) is 19.8 Å². The van der Waals surface area contributed by atoms with Crippen LogP contribution < -0.4 is 0 Å². The zero-order valence-electron chi connectivity index (χ0n) is 6.94. The molecule has 0 saturated carbocycles. The van der Waals surface area contributed by atoms with E-state index >= 15 is 0 Å². The van der Waals surface area contributed by atoms with Crippen LogP contribution in [0.2, 0.25) is 0 Å². The molecule has 0 saturated heterocycles. The van der Waals surface area contributed by atoms with Gasteiger partial charge >= 0.3 is 16.4 Å². The van der Waals surface area contributed by atoms with Gasteiger partial charge in [-0.2, -0.15) is 21.6 Å². The second kappa shape index (κ2) is 4.26. The van der Waals surface area contributed by atoms with Crippen molar-refractivity contribution < 1.29 is 25.5 Å². The van der Waals surface area contributed by atoms with Crippen LogP contribution in [0.4, 0.5) is 17.1 Å². The fourth-order valence-corrected chi connectivity index (χ4v) is 1.85. The first kappa shape index (κ1) is 12.7. The van der Waals surface area contributed by atoms with Gasteiger partial charge in [-0.05, 0) is 5.92 Å². The van der Waals surface area contributed by atoms with Gasteiger partial charge in [0.15, 0.2) is 0 Å². The normalized spacial score (nSPS) is 15.8. The minimum absolute atomic E-state index is 0.0112. The third-order valence-corrected chi connectivity index (χ3v) is 2.40. The number of hydrogen-bond donors (Lipinski definition) is 0. The van der Waals surface area contributed by atoms with Gasteiger partial charge in [0.05, 0.1) is 5.75 Å². The zero-order valence-corrected chi connectivity index (χ0v) is 7.75. The quantitative estimate of drug-likeness (QED) is 0.540. The lowest BCUT2D eigenvalue weighted by Gasteiger charge is -2.14. The van der Waals surface area contributed by atoms with Gasteiger partial charge in [-0.25, -0.2) is 0 Å². The Balaban J connectivity index is 4.22. The molecular formula is C6H10F4O2S. The summed E-state index contributed by atoms with van der Waals surface area (Å²) in [4.78, 5) is 0. The van der Waals surface area contributed by atoms with Crippen LogP contribution in [0, 0.1) is 5.92 Å². The highest BCUT2D eigenvalue weighted by Gasteiger charge is 2.33. The molecule has 0 amide bonds. The van der Waals surface area contributed by atoms with Crippen molar-refractivity contribution in [3.63, 3.8) is 0 Å². The van der Waals surface area contributed by atoms with Crippen molar-refractivity contribution in [2.24, 2.45) is 5.92 Å². The maximum atomic E-state index is 12.0. The maximum absolute atomic E-state index is 12.0. The summed E-state index contributed by atoms with van der Waals surface area (Å²) < 4.78 is 67.4. The van der Waals surface area contributed by atoms with Gasteiger partial charge in [-0.1, -0.05) is 13.3 Å². The van der Waals surface area contributed by atoms with Gasteiger partial charge < -0.3 is 0 Å². The van der Waals surface area contributed by atoms with E-state index in [4.69, 9.17) is 0 Å². The molecule has 7 heteroatoms. The summed E-state index contributed by atoms with van der Waals surface area (Å²) in [5, 5.41) is 0. The molecule has 0 aromatic rings. The first-order valence-corrected chi connectivity index (χ1v) is 5.18. The van der Waals surface area contributed by atoms with Crippen LogP contribution >= 0.6 is 0 Å². The maximum Gasteiger partial charge on any atom is 0.389 e. The van der Waals surface area contributed by atoms with E-state index < -0.39 is 34.5 Å². The van der Waals surface area contributed by atoms with E-state index in [9.17, 15) is 25.5 Å². The Morgan fingerprint density at radius 2 is 1.77 bits per heavy atom. The molecule has 80 valence electrons. The Morgan fingerprint density at radius 1 is 1.31 bits per heavy atom. The lowest BCUT2D eigenvalue weighted by Crippen LogP contribution is -2.20. The molecule has 0 aliphatic rings. The molecule has 13 heavy (non-hydrogen) atoms. The first-order valence-electron chi connectivity index (χ1n) is 3.63. The van der Waals surface area contributed by atoms with E-state index in [-0.39, 0.29) is 6.42 Å². The highest BCUT2D eigenvalue weighted by Crippen LogP contribution is 2.27. The highest BCUT2D eigenvalue weighted by molar-refractivity contribution is 7.86. The number of rotatable bonds is 4. The summed E-state index contributed by atoms with van der Waals surface area (Å²) in [6.45, 7) is 1.39. The monoisotopic (exact) mass is 222 g/mol. The molecule has 0 heterocycles. The SMILES string of the molecule is CCC(CC(F)(F)F)CS(=O)(=O)F. The van der Waals surface area contributed by atoms with Crippen molar-refractivity contribution in [1.29, 1.82) is 0 Å². The molecule has 0 rings (SSSR count). The van der Waals surface area contributed by atoms with E-state index in [0.29, 0.717) is 0 Å². The van der Waals surface area contributed by atoms with Gasteiger partial charge in [0.1, 0.15) is 0 Å². The molecule has 0 fully saturated rings. The molecule has 0 aliphatic heterocycles. The Morgan fingerprint density at radius 3 is 2.00 bits per heavy atom.